The Labute approximate surface area is 166 Å². The minimum absolute atomic E-state index is 0.118. The molecule has 0 saturated carbocycles. The minimum Gasteiger partial charge on any atom is -0.496 e. The summed E-state index contributed by atoms with van der Waals surface area (Å²) in [6.07, 6.45) is -0.596. The lowest BCUT2D eigenvalue weighted by Crippen LogP contribution is -2.34. The van der Waals surface area contributed by atoms with Gasteiger partial charge in [0.25, 0.3) is 0 Å². The normalized spacial score (nSPS) is 18.3. The van der Waals surface area contributed by atoms with Crippen LogP contribution in [0.25, 0.3) is 22.3 Å². The number of hydrogen-bond acceptors (Lipinski definition) is 5. The van der Waals surface area contributed by atoms with Crippen molar-refractivity contribution in [3.63, 3.8) is 0 Å². The zero-order chi connectivity index (χ0) is 20.8. The van der Waals surface area contributed by atoms with Gasteiger partial charge in [-0.1, -0.05) is 0 Å². The van der Waals surface area contributed by atoms with Crippen molar-refractivity contribution in [1.29, 1.82) is 0 Å². The number of likely N-dealkylation sites (N-methyl/N-ethyl adjacent to an activating group) is 1. The van der Waals surface area contributed by atoms with Gasteiger partial charge in [-0.25, -0.2) is 4.68 Å². The molecule has 154 valence electrons. The number of ether oxygens (including phenoxy) is 1. The first kappa shape index (κ1) is 19.6. The lowest BCUT2D eigenvalue weighted by molar-refractivity contribution is -0.137. The Morgan fingerprint density at radius 2 is 1.97 bits per heavy atom. The van der Waals surface area contributed by atoms with Gasteiger partial charge in [-0.05, 0) is 57.1 Å². The number of piperidine rings is 1. The fourth-order valence-corrected chi connectivity index (χ4v) is 3.99. The molecule has 0 spiro atoms. The summed E-state index contributed by atoms with van der Waals surface area (Å²) in [5.74, 6) is 0.118. The minimum atomic E-state index is -4.44. The Bertz CT molecular complexity index is 1050. The van der Waals surface area contributed by atoms with Crippen LogP contribution >= 0.6 is 0 Å². The number of rotatable bonds is 3. The third kappa shape index (κ3) is 3.66. The zero-order valence-electron chi connectivity index (χ0n) is 16.5. The van der Waals surface area contributed by atoms with E-state index >= 15 is 0 Å². The van der Waals surface area contributed by atoms with Gasteiger partial charge in [0, 0.05) is 17.5 Å². The SMILES string of the molecule is COc1cc(C(F)(F)F)cc(C)c1-c1cc2cnn(C3CCCN(C)C3)c2nn1. The van der Waals surface area contributed by atoms with E-state index in [2.05, 4.69) is 27.2 Å². The van der Waals surface area contributed by atoms with E-state index < -0.39 is 11.7 Å². The fourth-order valence-electron chi connectivity index (χ4n) is 3.99. The first-order valence-corrected chi connectivity index (χ1v) is 9.43. The molecule has 1 aliphatic rings. The Kier molecular flexibility index (Phi) is 4.94. The summed E-state index contributed by atoms with van der Waals surface area (Å²) in [5, 5.41) is 14.0. The van der Waals surface area contributed by atoms with Crippen LogP contribution in [0.2, 0.25) is 0 Å². The van der Waals surface area contributed by atoms with Crippen molar-refractivity contribution in [2.45, 2.75) is 32.0 Å². The van der Waals surface area contributed by atoms with Gasteiger partial charge >= 0.3 is 6.18 Å². The number of methoxy groups -OCH3 is 1. The van der Waals surface area contributed by atoms with Crippen molar-refractivity contribution in [2.75, 3.05) is 27.2 Å². The van der Waals surface area contributed by atoms with E-state index in [0.29, 0.717) is 22.5 Å². The van der Waals surface area contributed by atoms with Crippen molar-refractivity contribution in [3.8, 4) is 17.0 Å². The molecule has 0 aliphatic carbocycles. The van der Waals surface area contributed by atoms with E-state index in [9.17, 15) is 13.2 Å². The lowest BCUT2D eigenvalue weighted by atomic mass is 10.00. The third-order valence-corrected chi connectivity index (χ3v) is 5.39. The molecule has 1 fully saturated rings. The van der Waals surface area contributed by atoms with Gasteiger partial charge in [-0.2, -0.15) is 18.3 Å². The molecule has 2 aromatic heterocycles. The Balaban J connectivity index is 1.76. The van der Waals surface area contributed by atoms with Crippen LogP contribution in [0.3, 0.4) is 0 Å². The molecule has 0 bridgehead atoms. The second-order valence-electron chi connectivity index (χ2n) is 7.52. The highest BCUT2D eigenvalue weighted by molar-refractivity contribution is 5.81. The van der Waals surface area contributed by atoms with E-state index in [0.717, 1.165) is 43.5 Å². The second kappa shape index (κ2) is 7.29. The van der Waals surface area contributed by atoms with Crippen molar-refractivity contribution < 1.29 is 17.9 Å². The maximum Gasteiger partial charge on any atom is 0.416 e. The van der Waals surface area contributed by atoms with E-state index in [-0.39, 0.29) is 11.8 Å². The van der Waals surface area contributed by atoms with E-state index in [1.807, 2.05) is 4.68 Å². The molecule has 1 atom stereocenters. The van der Waals surface area contributed by atoms with Crippen LogP contribution in [0.5, 0.6) is 5.75 Å². The molecule has 3 aromatic rings. The summed E-state index contributed by atoms with van der Waals surface area (Å²) in [4.78, 5) is 2.26. The Hall–Kier alpha value is -2.68. The number of likely N-dealkylation sites (tertiary alicyclic amines) is 1. The first-order chi connectivity index (χ1) is 13.8. The van der Waals surface area contributed by atoms with Crippen molar-refractivity contribution >= 4 is 11.0 Å². The summed E-state index contributed by atoms with van der Waals surface area (Å²) >= 11 is 0. The standard InChI is InChI=1S/C20H22F3N5O/c1-12-7-14(20(21,22)23)9-17(29-3)18(12)16-8-13-10-24-28(19(13)26-25-16)15-5-4-6-27(2)11-15/h7-10,15H,4-6,11H2,1-3H3. The average Bonchev–Trinajstić information content (AvgIpc) is 3.09. The Morgan fingerprint density at radius 1 is 1.17 bits per heavy atom. The number of aromatic nitrogens is 4. The van der Waals surface area contributed by atoms with Gasteiger partial charge in [0.1, 0.15) is 5.75 Å². The van der Waals surface area contributed by atoms with Gasteiger partial charge in [0.2, 0.25) is 0 Å². The number of halogens is 3. The van der Waals surface area contributed by atoms with Gasteiger partial charge in [0.15, 0.2) is 5.65 Å². The number of aryl methyl sites for hydroxylation is 1. The summed E-state index contributed by atoms with van der Waals surface area (Å²) in [6.45, 7) is 3.57. The number of hydrogen-bond donors (Lipinski definition) is 0. The molecular weight excluding hydrogens is 383 g/mol. The summed E-state index contributed by atoms with van der Waals surface area (Å²) < 4.78 is 46.6. The zero-order valence-corrected chi connectivity index (χ0v) is 16.5. The average molecular weight is 405 g/mol. The maximum absolute atomic E-state index is 13.1. The van der Waals surface area contributed by atoms with Gasteiger partial charge in [0.05, 0.1) is 30.6 Å². The van der Waals surface area contributed by atoms with Crippen LogP contribution in [0, 0.1) is 6.92 Å². The van der Waals surface area contributed by atoms with Crippen LogP contribution in [0.4, 0.5) is 13.2 Å². The molecule has 0 radical (unpaired) electrons. The summed E-state index contributed by atoms with van der Waals surface area (Å²) in [5.41, 5.74) is 1.31. The molecule has 1 unspecified atom stereocenters. The quantitative estimate of drug-likeness (QED) is 0.657. The number of benzene rings is 1. The molecule has 9 heteroatoms. The smallest absolute Gasteiger partial charge is 0.416 e. The highest BCUT2D eigenvalue weighted by Crippen LogP contribution is 2.39. The molecule has 0 N–H and O–H groups in total. The van der Waals surface area contributed by atoms with Gasteiger partial charge in [-0.15, -0.1) is 10.2 Å². The molecule has 29 heavy (non-hydrogen) atoms. The van der Waals surface area contributed by atoms with E-state index in [1.54, 1.807) is 19.2 Å². The molecule has 0 amide bonds. The number of alkyl halides is 3. The monoisotopic (exact) mass is 405 g/mol. The molecule has 1 aromatic carbocycles. The molecule has 1 aliphatic heterocycles. The van der Waals surface area contributed by atoms with Gasteiger partial charge < -0.3 is 9.64 Å². The first-order valence-electron chi connectivity index (χ1n) is 9.43. The van der Waals surface area contributed by atoms with Crippen molar-refractivity contribution in [2.24, 2.45) is 0 Å². The molecule has 6 nitrogen and oxygen atoms in total. The van der Waals surface area contributed by atoms with Crippen molar-refractivity contribution in [3.05, 3.63) is 35.5 Å². The fraction of sp³-hybridized carbons (Fsp3) is 0.450. The van der Waals surface area contributed by atoms with Crippen molar-refractivity contribution in [1.82, 2.24) is 24.9 Å². The number of fused-ring (bicyclic) bond motifs is 1. The predicted octanol–water partition coefficient (Wildman–Crippen LogP) is 4.10. The highest BCUT2D eigenvalue weighted by atomic mass is 19.4. The van der Waals surface area contributed by atoms with Crippen LogP contribution in [-0.2, 0) is 6.18 Å². The Morgan fingerprint density at radius 3 is 2.66 bits per heavy atom. The summed E-state index contributed by atoms with van der Waals surface area (Å²) in [6, 6.07) is 4.13. The van der Waals surface area contributed by atoms with Crippen LogP contribution in [0.1, 0.15) is 30.0 Å². The third-order valence-electron chi connectivity index (χ3n) is 5.39. The van der Waals surface area contributed by atoms with E-state index in [1.165, 1.54) is 7.11 Å². The summed E-state index contributed by atoms with van der Waals surface area (Å²) in [7, 11) is 3.43. The highest BCUT2D eigenvalue weighted by Gasteiger charge is 2.32. The molecular formula is C20H22F3N5O. The molecule has 4 rings (SSSR count). The number of nitrogens with zero attached hydrogens (tertiary/aromatic N) is 5. The second-order valence-corrected chi connectivity index (χ2v) is 7.52. The predicted molar refractivity (Wildman–Crippen MR) is 103 cm³/mol. The molecule has 3 heterocycles. The van der Waals surface area contributed by atoms with Crippen LogP contribution < -0.4 is 4.74 Å². The largest absolute Gasteiger partial charge is 0.496 e. The van der Waals surface area contributed by atoms with E-state index in [4.69, 9.17) is 4.74 Å². The topological polar surface area (TPSA) is 56.1 Å². The van der Waals surface area contributed by atoms with Crippen LogP contribution in [-0.4, -0.2) is 52.1 Å². The van der Waals surface area contributed by atoms with Crippen LogP contribution in [0.15, 0.2) is 24.4 Å². The molecule has 1 saturated heterocycles. The lowest BCUT2D eigenvalue weighted by Gasteiger charge is -2.29. The maximum atomic E-state index is 13.1. The van der Waals surface area contributed by atoms with Gasteiger partial charge in [-0.3, -0.25) is 0 Å².